The minimum atomic E-state index is -0.104. The zero-order valence-corrected chi connectivity index (χ0v) is 13.3. The summed E-state index contributed by atoms with van der Waals surface area (Å²) in [6.07, 6.45) is 3.77. The molecule has 1 fully saturated rings. The molecule has 0 bridgehead atoms. The highest BCUT2D eigenvalue weighted by Crippen LogP contribution is 2.28. The zero-order valence-electron chi connectivity index (χ0n) is 10.1. The molecule has 1 aromatic carbocycles. The van der Waals surface area contributed by atoms with Crippen LogP contribution in [0.3, 0.4) is 0 Å². The number of rotatable bonds is 3. The Labute approximate surface area is 124 Å². The summed E-state index contributed by atoms with van der Waals surface area (Å²) in [5.74, 6) is 0. The van der Waals surface area contributed by atoms with Crippen molar-refractivity contribution in [1.82, 2.24) is 5.32 Å². The Hall–Kier alpha value is -0.100. The highest BCUT2D eigenvalue weighted by atomic mass is 79.9. The van der Waals surface area contributed by atoms with E-state index in [2.05, 4.69) is 37.2 Å². The summed E-state index contributed by atoms with van der Waals surface area (Å²) >= 11 is 6.93. The third-order valence-electron chi connectivity index (χ3n) is 3.46. The van der Waals surface area contributed by atoms with E-state index < -0.39 is 0 Å². The van der Waals surface area contributed by atoms with Crippen molar-refractivity contribution >= 4 is 37.5 Å². The average molecular weight is 380 g/mol. The lowest BCUT2D eigenvalue weighted by atomic mass is 9.94. The Morgan fingerprint density at radius 1 is 1.22 bits per heavy atom. The van der Waals surface area contributed by atoms with Gasteiger partial charge < -0.3 is 16.2 Å². The van der Waals surface area contributed by atoms with Gasteiger partial charge in [-0.15, -0.1) is 0 Å². The standard InChI is InChI=1S/C13H18Br2N2O/c14-9-5-8(13(16)12(15)6-9)7-17-10-1-3-11(18)4-2-10/h5-6,10-11,17-18H,1-4,7,16H2/i7+2. The second-order valence-electron chi connectivity index (χ2n) is 4.85. The number of nitrogens with two attached hydrogens (primary N) is 1. The first-order valence-electron chi connectivity index (χ1n) is 6.21. The van der Waals surface area contributed by atoms with E-state index in [-0.39, 0.29) is 6.10 Å². The molecule has 1 aliphatic carbocycles. The highest BCUT2D eigenvalue weighted by Gasteiger charge is 2.19. The van der Waals surface area contributed by atoms with Crippen molar-refractivity contribution in [3.63, 3.8) is 0 Å². The summed E-state index contributed by atoms with van der Waals surface area (Å²) in [6.45, 7) is 0.768. The van der Waals surface area contributed by atoms with Crippen molar-refractivity contribution < 1.29 is 5.11 Å². The van der Waals surface area contributed by atoms with Gasteiger partial charge in [-0.3, -0.25) is 0 Å². The summed E-state index contributed by atoms with van der Waals surface area (Å²) in [7, 11) is 0. The second-order valence-corrected chi connectivity index (χ2v) is 6.62. The molecule has 4 N–H and O–H groups in total. The van der Waals surface area contributed by atoms with E-state index in [0.717, 1.165) is 52.4 Å². The number of anilines is 1. The van der Waals surface area contributed by atoms with E-state index in [9.17, 15) is 5.11 Å². The quantitative estimate of drug-likeness (QED) is 0.707. The van der Waals surface area contributed by atoms with Crippen molar-refractivity contribution in [3.05, 3.63) is 26.6 Å². The van der Waals surface area contributed by atoms with E-state index >= 15 is 0 Å². The van der Waals surface area contributed by atoms with Gasteiger partial charge in [0.25, 0.3) is 0 Å². The van der Waals surface area contributed by atoms with Gasteiger partial charge in [0, 0.05) is 21.5 Å². The molecule has 0 unspecified atom stereocenters. The van der Waals surface area contributed by atoms with Gasteiger partial charge in [0.05, 0.1) is 11.8 Å². The second kappa shape index (κ2) is 6.37. The highest BCUT2D eigenvalue weighted by molar-refractivity contribution is 9.11. The van der Waals surface area contributed by atoms with Crippen molar-refractivity contribution in [2.24, 2.45) is 0 Å². The van der Waals surface area contributed by atoms with Gasteiger partial charge >= 0.3 is 0 Å². The molecule has 3 nitrogen and oxygen atoms in total. The molecule has 0 heterocycles. The normalized spacial score (nSPS) is 24.2. The number of halogens is 2. The molecule has 0 spiro atoms. The molecule has 0 aromatic heterocycles. The van der Waals surface area contributed by atoms with Crippen LogP contribution in [0.4, 0.5) is 5.69 Å². The Balaban J connectivity index is 1.94. The maximum Gasteiger partial charge on any atom is 0.0541 e. The van der Waals surface area contributed by atoms with Crippen LogP contribution in [-0.4, -0.2) is 17.3 Å². The van der Waals surface area contributed by atoms with Crippen LogP contribution in [0.1, 0.15) is 31.2 Å². The van der Waals surface area contributed by atoms with Crippen LogP contribution in [-0.2, 0) is 6.54 Å². The molecule has 1 aliphatic rings. The molecule has 1 saturated carbocycles. The molecule has 0 radical (unpaired) electrons. The van der Waals surface area contributed by atoms with E-state index in [1.807, 2.05) is 12.1 Å². The predicted octanol–water partition coefficient (Wildman–Crippen LogP) is 3.19. The SMILES string of the molecule is Nc1c(Br)cc(Br)cc1[14CH2]NC1CCC(O)CC1. The molecule has 0 saturated heterocycles. The predicted molar refractivity (Wildman–Crippen MR) is 81.4 cm³/mol. The molecule has 0 atom stereocenters. The fourth-order valence-corrected chi connectivity index (χ4v) is 3.63. The van der Waals surface area contributed by atoms with E-state index in [0.29, 0.717) is 6.04 Å². The van der Waals surface area contributed by atoms with Crippen molar-refractivity contribution in [1.29, 1.82) is 0 Å². The Morgan fingerprint density at radius 3 is 2.56 bits per heavy atom. The number of nitrogens with one attached hydrogen (secondary N) is 1. The first-order valence-corrected chi connectivity index (χ1v) is 7.79. The zero-order chi connectivity index (χ0) is 13.1. The van der Waals surface area contributed by atoms with Gasteiger partial charge in [-0.2, -0.15) is 0 Å². The van der Waals surface area contributed by atoms with Crippen LogP contribution in [0.2, 0.25) is 0 Å². The lowest BCUT2D eigenvalue weighted by Crippen LogP contribution is -2.34. The lowest BCUT2D eigenvalue weighted by Gasteiger charge is -2.26. The molecule has 0 amide bonds. The van der Waals surface area contributed by atoms with Crippen LogP contribution in [0.5, 0.6) is 0 Å². The fraction of sp³-hybridized carbons (Fsp3) is 0.538. The van der Waals surface area contributed by atoms with Crippen LogP contribution in [0, 0.1) is 0 Å². The third-order valence-corrected chi connectivity index (χ3v) is 4.57. The van der Waals surface area contributed by atoms with Gasteiger partial charge in [-0.25, -0.2) is 0 Å². The molecular formula is C13H18Br2N2O. The van der Waals surface area contributed by atoms with Crippen LogP contribution in [0.25, 0.3) is 0 Å². The molecule has 100 valence electrons. The fourth-order valence-electron chi connectivity index (χ4n) is 2.32. The van der Waals surface area contributed by atoms with Gasteiger partial charge in [0.2, 0.25) is 0 Å². The number of hydrogen-bond acceptors (Lipinski definition) is 3. The number of benzene rings is 1. The summed E-state index contributed by atoms with van der Waals surface area (Å²) < 4.78 is 1.95. The van der Waals surface area contributed by atoms with E-state index in [4.69, 9.17) is 5.73 Å². The molecule has 2 rings (SSSR count). The molecule has 0 aliphatic heterocycles. The first kappa shape index (κ1) is 14.3. The minimum Gasteiger partial charge on any atom is -0.398 e. The third kappa shape index (κ3) is 3.70. The van der Waals surface area contributed by atoms with Crippen molar-refractivity contribution in [2.45, 2.75) is 44.4 Å². The van der Waals surface area contributed by atoms with Gasteiger partial charge in [0.1, 0.15) is 0 Å². The van der Waals surface area contributed by atoms with E-state index in [1.165, 1.54) is 0 Å². The van der Waals surface area contributed by atoms with Crippen LogP contribution in [0.15, 0.2) is 21.1 Å². The smallest absolute Gasteiger partial charge is 0.0541 e. The summed E-state index contributed by atoms with van der Waals surface area (Å²) in [6, 6.07) is 4.49. The molecule has 5 heteroatoms. The maximum atomic E-state index is 9.47. The maximum absolute atomic E-state index is 9.47. The topological polar surface area (TPSA) is 58.3 Å². The lowest BCUT2D eigenvalue weighted by molar-refractivity contribution is 0.116. The van der Waals surface area contributed by atoms with Crippen LogP contribution >= 0.6 is 31.9 Å². The minimum absolute atomic E-state index is 0.104. The first-order chi connectivity index (χ1) is 8.56. The molecule has 1 aromatic rings. The summed E-state index contributed by atoms with van der Waals surface area (Å²) in [5, 5.41) is 13.0. The average Bonchev–Trinajstić information content (AvgIpc) is 2.34. The summed E-state index contributed by atoms with van der Waals surface area (Å²) in [5.41, 5.74) is 7.93. The number of nitrogen functional groups attached to an aromatic ring is 1. The van der Waals surface area contributed by atoms with Gasteiger partial charge in [0.15, 0.2) is 0 Å². The van der Waals surface area contributed by atoms with Crippen molar-refractivity contribution in [2.75, 3.05) is 5.73 Å². The Bertz CT molecular complexity index is 418. The molecule has 18 heavy (non-hydrogen) atoms. The van der Waals surface area contributed by atoms with Crippen molar-refractivity contribution in [3.8, 4) is 0 Å². The van der Waals surface area contributed by atoms with E-state index in [1.54, 1.807) is 0 Å². The monoisotopic (exact) mass is 378 g/mol. The number of aliphatic hydroxyl groups excluding tert-OH is 1. The largest absolute Gasteiger partial charge is 0.398 e. The van der Waals surface area contributed by atoms with Gasteiger partial charge in [-0.1, -0.05) is 15.9 Å². The Kier molecular flexibility index (Phi) is 5.06. The number of aliphatic hydroxyl groups is 1. The Morgan fingerprint density at radius 2 is 1.89 bits per heavy atom. The van der Waals surface area contributed by atoms with Crippen LogP contribution < -0.4 is 11.1 Å². The molecular weight excluding hydrogens is 362 g/mol. The summed E-state index contributed by atoms with van der Waals surface area (Å²) in [4.78, 5) is 0. The number of hydrogen-bond donors (Lipinski definition) is 3. The van der Waals surface area contributed by atoms with Gasteiger partial charge in [-0.05, 0) is 59.3 Å².